The third-order valence-electron chi connectivity index (χ3n) is 4.52. The molecule has 126 valence electrons. The Kier molecular flexibility index (Phi) is 5.97. The van der Waals surface area contributed by atoms with Crippen LogP contribution in [-0.4, -0.2) is 23.9 Å². The molecule has 0 atom stereocenters. The van der Waals surface area contributed by atoms with Gasteiger partial charge in [-0.1, -0.05) is 42.7 Å². The van der Waals surface area contributed by atoms with E-state index in [1.54, 1.807) is 0 Å². The quantitative estimate of drug-likeness (QED) is 0.704. The van der Waals surface area contributed by atoms with Gasteiger partial charge in [0.05, 0.1) is 0 Å². The maximum atomic E-state index is 12.6. The number of amides is 1. The number of carbonyl (C=O) groups excluding carboxylic acids is 1. The molecule has 2 aromatic rings. The molecule has 0 saturated carbocycles. The Morgan fingerprint density at radius 2 is 1.54 bits per heavy atom. The van der Waals surface area contributed by atoms with Gasteiger partial charge in [-0.2, -0.15) is 0 Å². The molecule has 0 radical (unpaired) electrons. The summed E-state index contributed by atoms with van der Waals surface area (Å²) in [6.07, 6.45) is 4.77. The molecule has 3 heteroatoms. The molecule has 2 nitrogen and oxygen atoms in total. The van der Waals surface area contributed by atoms with Crippen LogP contribution in [0.3, 0.4) is 0 Å². The summed E-state index contributed by atoms with van der Waals surface area (Å²) in [5, 5.41) is 0. The summed E-state index contributed by atoms with van der Waals surface area (Å²) in [4.78, 5) is 15.9. The summed E-state index contributed by atoms with van der Waals surface area (Å²) in [6.45, 7) is 3.92. The molecule has 1 amide bonds. The molecule has 0 N–H and O–H groups in total. The zero-order valence-corrected chi connectivity index (χ0v) is 15.1. The minimum Gasteiger partial charge on any atom is -0.339 e. The lowest BCUT2D eigenvalue weighted by atomic mass is 10.1. The molecule has 0 spiro atoms. The van der Waals surface area contributed by atoms with E-state index in [0.717, 1.165) is 37.2 Å². The summed E-state index contributed by atoms with van der Waals surface area (Å²) >= 11 is 1.83. The zero-order valence-electron chi connectivity index (χ0n) is 14.3. The molecule has 0 bridgehead atoms. The van der Waals surface area contributed by atoms with Gasteiger partial charge < -0.3 is 4.90 Å². The number of hydrogen-bond donors (Lipinski definition) is 0. The van der Waals surface area contributed by atoms with E-state index in [9.17, 15) is 4.79 Å². The Morgan fingerprint density at radius 3 is 2.17 bits per heavy atom. The summed E-state index contributed by atoms with van der Waals surface area (Å²) in [6, 6.07) is 16.8. The van der Waals surface area contributed by atoms with Crippen molar-refractivity contribution in [3.63, 3.8) is 0 Å². The number of aryl methyl sites for hydroxylation is 1. The van der Waals surface area contributed by atoms with Crippen LogP contribution in [-0.2, 0) is 5.75 Å². The van der Waals surface area contributed by atoms with Crippen LogP contribution >= 0.6 is 11.8 Å². The predicted octanol–water partition coefficient (Wildman–Crippen LogP) is 5.30. The van der Waals surface area contributed by atoms with Gasteiger partial charge in [0, 0.05) is 29.3 Å². The van der Waals surface area contributed by atoms with Crippen LogP contribution in [0.5, 0.6) is 0 Å². The third-order valence-corrected chi connectivity index (χ3v) is 5.60. The van der Waals surface area contributed by atoms with Crippen LogP contribution in [0, 0.1) is 6.92 Å². The first-order valence-corrected chi connectivity index (χ1v) is 9.78. The lowest BCUT2D eigenvalue weighted by Gasteiger charge is -2.20. The van der Waals surface area contributed by atoms with Gasteiger partial charge in [0.15, 0.2) is 0 Å². The van der Waals surface area contributed by atoms with Crippen LogP contribution in [0.2, 0.25) is 0 Å². The van der Waals surface area contributed by atoms with E-state index in [4.69, 9.17) is 0 Å². The average molecular weight is 340 g/mol. The highest BCUT2D eigenvalue weighted by molar-refractivity contribution is 7.98. The van der Waals surface area contributed by atoms with Gasteiger partial charge in [-0.15, -0.1) is 11.8 Å². The van der Waals surface area contributed by atoms with Gasteiger partial charge in [-0.25, -0.2) is 0 Å². The summed E-state index contributed by atoms with van der Waals surface area (Å²) in [5.74, 6) is 1.12. The van der Waals surface area contributed by atoms with Gasteiger partial charge in [0.1, 0.15) is 0 Å². The van der Waals surface area contributed by atoms with Crippen molar-refractivity contribution in [3.8, 4) is 0 Å². The molecule has 0 unspecified atom stereocenters. The first-order valence-electron chi connectivity index (χ1n) is 8.80. The van der Waals surface area contributed by atoms with E-state index in [-0.39, 0.29) is 5.91 Å². The van der Waals surface area contributed by atoms with Crippen LogP contribution < -0.4 is 0 Å². The van der Waals surface area contributed by atoms with Crippen LogP contribution in [0.1, 0.15) is 47.2 Å². The lowest BCUT2D eigenvalue weighted by molar-refractivity contribution is 0.0761. The molecule has 3 rings (SSSR count). The maximum Gasteiger partial charge on any atom is 0.253 e. The van der Waals surface area contributed by atoms with Gasteiger partial charge in [0.25, 0.3) is 5.91 Å². The van der Waals surface area contributed by atoms with E-state index in [0.29, 0.717) is 0 Å². The van der Waals surface area contributed by atoms with Gasteiger partial charge >= 0.3 is 0 Å². The minimum absolute atomic E-state index is 0.189. The third kappa shape index (κ3) is 4.64. The molecule has 1 aliphatic heterocycles. The number of nitrogens with zero attached hydrogens (tertiary/aromatic N) is 1. The Balaban J connectivity index is 1.58. The Bertz CT molecular complexity index is 655. The fourth-order valence-corrected chi connectivity index (χ4v) is 3.86. The lowest BCUT2D eigenvalue weighted by Crippen LogP contribution is -2.31. The highest BCUT2D eigenvalue weighted by Gasteiger charge is 2.16. The Labute approximate surface area is 149 Å². The van der Waals surface area contributed by atoms with E-state index < -0.39 is 0 Å². The Hall–Kier alpha value is -1.74. The van der Waals surface area contributed by atoms with Crippen molar-refractivity contribution >= 4 is 17.7 Å². The van der Waals surface area contributed by atoms with Crippen molar-refractivity contribution in [2.45, 2.75) is 43.3 Å². The van der Waals surface area contributed by atoms with Crippen molar-refractivity contribution in [1.82, 2.24) is 4.90 Å². The number of likely N-dealkylation sites (tertiary alicyclic amines) is 1. The molecule has 0 aliphatic carbocycles. The summed E-state index contributed by atoms with van der Waals surface area (Å²) in [5.41, 5.74) is 3.37. The molecule has 1 heterocycles. The highest BCUT2D eigenvalue weighted by Crippen LogP contribution is 2.23. The second kappa shape index (κ2) is 8.39. The fourth-order valence-electron chi connectivity index (χ4n) is 3.00. The van der Waals surface area contributed by atoms with Crippen molar-refractivity contribution in [1.29, 1.82) is 0 Å². The van der Waals surface area contributed by atoms with Crippen LogP contribution in [0.25, 0.3) is 0 Å². The van der Waals surface area contributed by atoms with Crippen molar-refractivity contribution in [3.05, 3.63) is 65.2 Å². The van der Waals surface area contributed by atoms with Crippen molar-refractivity contribution in [2.75, 3.05) is 13.1 Å². The number of rotatable bonds is 4. The van der Waals surface area contributed by atoms with Gasteiger partial charge in [0.2, 0.25) is 0 Å². The number of thioether (sulfide) groups is 1. The molecule has 24 heavy (non-hydrogen) atoms. The highest BCUT2D eigenvalue weighted by atomic mass is 32.2. The average Bonchev–Trinajstić information content (AvgIpc) is 2.90. The molecule has 2 aromatic carbocycles. The zero-order chi connectivity index (χ0) is 16.8. The first kappa shape index (κ1) is 17.1. The Morgan fingerprint density at radius 1 is 0.917 bits per heavy atom. The van der Waals surface area contributed by atoms with Crippen molar-refractivity contribution in [2.24, 2.45) is 0 Å². The monoisotopic (exact) mass is 339 g/mol. The summed E-state index contributed by atoms with van der Waals surface area (Å²) in [7, 11) is 0. The van der Waals surface area contributed by atoms with E-state index in [1.807, 2.05) is 28.8 Å². The SMILES string of the molecule is Cc1ccc(SCc2ccc(C(=O)N3CCCCCC3)cc2)cc1. The molecular weight excluding hydrogens is 314 g/mol. The standard InChI is InChI=1S/C21H25NOS/c1-17-6-12-20(13-7-17)24-16-18-8-10-19(11-9-18)21(23)22-14-4-2-3-5-15-22/h6-13H,2-5,14-16H2,1H3. The minimum atomic E-state index is 0.189. The number of carbonyl (C=O) groups is 1. The molecule has 0 aromatic heterocycles. The molecular formula is C21H25NOS. The van der Waals surface area contributed by atoms with Crippen LogP contribution in [0.4, 0.5) is 0 Å². The van der Waals surface area contributed by atoms with E-state index >= 15 is 0 Å². The largest absolute Gasteiger partial charge is 0.339 e. The smallest absolute Gasteiger partial charge is 0.253 e. The van der Waals surface area contributed by atoms with Gasteiger partial charge in [-0.3, -0.25) is 4.79 Å². The number of benzene rings is 2. The van der Waals surface area contributed by atoms with E-state index in [2.05, 4.69) is 43.3 Å². The summed E-state index contributed by atoms with van der Waals surface area (Å²) < 4.78 is 0. The van der Waals surface area contributed by atoms with E-state index in [1.165, 1.54) is 28.9 Å². The fraction of sp³-hybridized carbons (Fsp3) is 0.381. The number of hydrogen-bond acceptors (Lipinski definition) is 2. The topological polar surface area (TPSA) is 20.3 Å². The molecule has 1 fully saturated rings. The first-order chi connectivity index (χ1) is 11.7. The van der Waals surface area contributed by atoms with Gasteiger partial charge in [-0.05, 0) is 49.6 Å². The molecule has 1 aliphatic rings. The second-order valence-corrected chi connectivity index (χ2v) is 7.55. The van der Waals surface area contributed by atoms with Crippen LogP contribution in [0.15, 0.2) is 53.4 Å². The normalized spacial score (nSPS) is 15.1. The molecule has 1 saturated heterocycles. The second-order valence-electron chi connectivity index (χ2n) is 6.51. The van der Waals surface area contributed by atoms with Crippen molar-refractivity contribution < 1.29 is 4.79 Å². The maximum absolute atomic E-state index is 12.6. The predicted molar refractivity (Wildman–Crippen MR) is 102 cm³/mol.